The van der Waals surface area contributed by atoms with E-state index >= 15 is 0 Å². The van der Waals surface area contributed by atoms with Crippen molar-refractivity contribution in [1.29, 1.82) is 0 Å². The summed E-state index contributed by atoms with van der Waals surface area (Å²) >= 11 is 0. The fourth-order valence-electron chi connectivity index (χ4n) is 2.71. The molecule has 0 bridgehead atoms. The fourth-order valence-corrected chi connectivity index (χ4v) is 2.71. The summed E-state index contributed by atoms with van der Waals surface area (Å²) in [5.74, 6) is 1.52. The van der Waals surface area contributed by atoms with Gasteiger partial charge in [-0.3, -0.25) is 9.69 Å². The Labute approximate surface area is 116 Å². The Morgan fingerprint density at radius 2 is 1.75 bits per heavy atom. The van der Waals surface area contributed by atoms with Crippen LogP contribution in [0.4, 0.5) is 11.4 Å². The zero-order chi connectivity index (χ0) is 13.5. The minimum atomic E-state index is 0.0860. The highest BCUT2D eigenvalue weighted by Gasteiger charge is 2.29. The number of rotatable bonds is 1. The number of hydrogen-bond donors (Lipinski definition) is 0. The summed E-state index contributed by atoms with van der Waals surface area (Å²) in [6, 6.07) is 13.5. The summed E-state index contributed by atoms with van der Waals surface area (Å²) in [6.07, 6.45) is 0.449. The van der Waals surface area contributed by atoms with Gasteiger partial charge in [0.15, 0.2) is 11.5 Å². The zero-order valence-corrected chi connectivity index (χ0v) is 10.8. The van der Waals surface area contributed by atoms with Gasteiger partial charge in [-0.2, -0.15) is 0 Å². The van der Waals surface area contributed by atoms with Crippen molar-refractivity contribution >= 4 is 17.3 Å². The van der Waals surface area contributed by atoms with Crippen LogP contribution >= 0.6 is 0 Å². The largest absolute Gasteiger partial charge is 0.486 e. The van der Waals surface area contributed by atoms with E-state index in [1.54, 1.807) is 4.90 Å². The SMILES string of the molecule is O=C1Cc2ccccc2N1c1ccc2c(c1)OCCO2. The van der Waals surface area contributed by atoms with Gasteiger partial charge in [-0.05, 0) is 23.8 Å². The molecule has 2 aliphatic heterocycles. The summed E-state index contributed by atoms with van der Waals surface area (Å²) < 4.78 is 11.1. The van der Waals surface area contributed by atoms with E-state index in [0.717, 1.165) is 22.7 Å². The van der Waals surface area contributed by atoms with E-state index in [1.807, 2.05) is 42.5 Å². The maximum absolute atomic E-state index is 12.3. The van der Waals surface area contributed by atoms with E-state index in [-0.39, 0.29) is 5.91 Å². The van der Waals surface area contributed by atoms with Crippen LogP contribution in [0.15, 0.2) is 42.5 Å². The molecular weight excluding hydrogens is 254 g/mol. The lowest BCUT2D eigenvalue weighted by molar-refractivity contribution is -0.116. The number of fused-ring (bicyclic) bond motifs is 2. The molecule has 20 heavy (non-hydrogen) atoms. The first-order valence-electron chi connectivity index (χ1n) is 6.63. The Balaban J connectivity index is 1.79. The molecule has 4 heteroatoms. The van der Waals surface area contributed by atoms with Gasteiger partial charge in [-0.15, -0.1) is 0 Å². The first kappa shape index (κ1) is 11.3. The molecule has 0 aromatic heterocycles. The summed E-state index contributed by atoms with van der Waals surface area (Å²) in [6.45, 7) is 1.11. The van der Waals surface area contributed by atoms with Crippen molar-refractivity contribution < 1.29 is 14.3 Å². The lowest BCUT2D eigenvalue weighted by Crippen LogP contribution is -2.21. The number of amides is 1. The average molecular weight is 267 g/mol. The van der Waals surface area contributed by atoms with Gasteiger partial charge in [0.2, 0.25) is 5.91 Å². The standard InChI is InChI=1S/C16H13NO3/c18-16-9-11-3-1-2-4-13(11)17(16)12-5-6-14-15(10-12)20-8-7-19-14/h1-6,10H,7-9H2. The molecule has 100 valence electrons. The van der Waals surface area contributed by atoms with Crippen LogP contribution in [-0.4, -0.2) is 19.1 Å². The average Bonchev–Trinajstić information content (AvgIpc) is 2.82. The zero-order valence-electron chi connectivity index (χ0n) is 10.8. The van der Waals surface area contributed by atoms with E-state index in [9.17, 15) is 4.79 Å². The maximum Gasteiger partial charge on any atom is 0.236 e. The Morgan fingerprint density at radius 1 is 0.950 bits per heavy atom. The van der Waals surface area contributed by atoms with Gasteiger partial charge in [0.05, 0.1) is 17.8 Å². The van der Waals surface area contributed by atoms with Gasteiger partial charge < -0.3 is 9.47 Å². The first-order valence-corrected chi connectivity index (χ1v) is 6.63. The van der Waals surface area contributed by atoms with Gasteiger partial charge in [0.1, 0.15) is 13.2 Å². The molecule has 0 atom stereocenters. The van der Waals surface area contributed by atoms with Crippen LogP contribution in [0.1, 0.15) is 5.56 Å². The van der Waals surface area contributed by atoms with Gasteiger partial charge >= 0.3 is 0 Å². The molecule has 0 saturated carbocycles. The number of ether oxygens (including phenoxy) is 2. The van der Waals surface area contributed by atoms with Crippen LogP contribution in [-0.2, 0) is 11.2 Å². The van der Waals surface area contributed by atoms with E-state index in [1.165, 1.54) is 0 Å². The van der Waals surface area contributed by atoms with Crippen LogP contribution in [0.5, 0.6) is 11.5 Å². The van der Waals surface area contributed by atoms with Crippen LogP contribution in [0, 0.1) is 0 Å². The minimum absolute atomic E-state index is 0.0860. The number of carbonyl (C=O) groups is 1. The second-order valence-corrected chi connectivity index (χ2v) is 4.86. The van der Waals surface area contributed by atoms with E-state index < -0.39 is 0 Å². The minimum Gasteiger partial charge on any atom is -0.486 e. The number of anilines is 2. The lowest BCUT2D eigenvalue weighted by Gasteiger charge is -2.22. The summed E-state index contributed by atoms with van der Waals surface area (Å²) in [4.78, 5) is 14.0. The monoisotopic (exact) mass is 267 g/mol. The van der Waals surface area contributed by atoms with Gasteiger partial charge in [0.25, 0.3) is 0 Å². The van der Waals surface area contributed by atoms with Gasteiger partial charge in [-0.25, -0.2) is 0 Å². The number of nitrogens with zero attached hydrogens (tertiary/aromatic N) is 1. The molecule has 0 radical (unpaired) electrons. The quantitative estimate of drug-likeness (QED) is 0.797. The highest BCUT2D eigenvalue weighted by Crippen LogP contribution is 2.40. The molecule has 0 N–H and O–H groups in total. The second-order valence-electron chi connectivity index (χ2n) is 4.86. The second kappa shape index (κ2) is 4.27. The molecule has 2 aromatic rings. The lowest BCUT2D eigenvalue weighted by atomic mass is 10.2. The Hall–Kier alpha value is -2.49. The fraction of sp³-hybridized carbons (Fsp3) is 0.188. The van der Waals surface area contributed by atoms with Gasteiger partial charge in [-0.1, -0.05) is 18.2 Å². The molecule has 0 saturated heterocycles. The number of hydrogen-bond acceptors (Lipinski definition) is 3. The maximum atomic E-state index is 12.3. The smallest absolute Gasteiger partial charge is 0.236 e. The predicted molar refractivity (Wildman–Crippen MR) is 74.7 cm³/mol. The van der Waals surface area contributed by atoms with Crippen LogP contribution in [0.25, 0.3) is 0 Å². The molecule has 4 rings (SSSR count). The first-order chi connectivity index (χ1) is 9.83. The predicted octanol–water partition coefficient (Wildman–Crippen LogP) is 2.68. The van der Waals surface area contributed by atoms with Crippen molar-refractivity contribution in [2.24, 2.45) is 0 Å². The molecular formula is C16H13NO3. The molecule has 0 aliphatic carbocycles. The van der Waals surface area contributed by atoms with Crippen molar-refractivity contribution in [1.82, 2.24) is 0 Å². The molecule has 2 aromatic carbocycles. The number of carbonyl (C=O) groups excluding carboxylic acids is 1. The topological polar surface area (TPSA) is 38.8 Å². The van der Waals surface area contributed by atoms with Crippen LogP contribution in [0.3, 0.4) is 0 Å². The summed E-state index contributed by atoms with van der Waals surface area (Å²) in [5, 5.41) is 0. The molecule has 1 amide bonds. The summed E-state index contributed by atoms with van der Waals surface area (Å²) in [5.41, 5.74) is 2.84. The Bertz CT molecular complexity index is 696. The number of para-hydroxylation sites is 1. The molecule has 0 fully saturated rings. The number of benzene rings is 2. The van der Waals surface area contributed by atoms with Crippen molar-refractivity contribution in [2.75, 3.05) is 18.1 Å². The van der Waals surface area contributed by atoms with E-state index in [4.69, 9.17) is 9.47 Å². The third-order valence-electron chi connectivity index (χ3n) is 3.61. The molecule has 2 heterocycles. The highest BCUT2D eigenvalue weighted by molar-refractivity contribution is 6.07. The summed E-state index contributed by atoms with van der Waals surface area (Å²) in [7, 11) is 0. The third-order valence-corrected chi connectivity index (χ3v) is 3.61. The highest BCUT2D eigenvalue weighted by atomic mass is 16.6. The molecule has 4 nitrogen and oxygen atoms in total. The molecule has 0 spiro atoms. The van der Waals surface area contributed by atoms with Crippen LogP contribution in [0.2, 0.25) is 0 Å². The Morgan fingerprint density at radius 3 is 2.65 bits per heavy atom. The van der Waals surface area contributed by atoms with Gasteiger partial charge in [0, 0.05) is 6.07 Å². The van der Waals surface area contributed by atoms with E-state index in [2.05, 4.69) is 0 Å². The van der Waals surface area contributed by atoms with Crippen molar-refractivity contribution in [2.45, 2.75) is 6.42 Å². The molecule has 0 unspecified atom stereocenters. The van der Waals surface area contributed by atoms with Crippen molar-refractivity contribution in [3.8, 4) is 11.5 Å². The van der Waals surface area contributed by atoms with Crippen LogP contribution < -0.4 is 14.4 Å². The Kier molecular flexibility index (Phi) is 2.42. The normalized spacial score (nSPS) is 16.2. The van der Waals surface area contributed by atoms with Crippen molar-refractivity contribution in [3.63, 3.8) is 0 Å². The third kappa shape index (κ3) is 1.65. The molecule has 2 aliphatic rings. The van der Waals surface area contributed by atoms with Crippen molar-refractivity contribution in [3.05, 3.63) is 48.0 Å². The van der Waals surface area contributed by atoms with E-state index in [0.29, 0.717) is 25.4 Å².